The minimum atomic E-state index is -7.61. The number of halogens is 8. The van der Waals surface area contributed by atoms with Gasteiger partial charge in [0.15, 0.2) is 40.1 Å². The van der Waals surface area contributed by atoms with Crippen molar-refractivity contribution in [2.24, 2.45) is 0 Å². The van der Waals surface area contributed by atoms with Crippen molar-refractivity contribution in [3.8, 4) is 0 Å². The SMILES string of the molecule is O=S(=O)([N-]S(=O)(=O)C(F)(F)S(=O)(=O)[N-]S(=O)(=O)C(F)(F)F)C(F)(F)F. The van der Waals surface area contributed by atoms with Crippen molar-refractivity contribution in [3.63, 3.8) is 0 Å². The van der Waals surface area contributed by atoms with Crippen LogP contribution >= 0.6 is 0 Å². The number of hydrogen-bond acceptors (Lipinski definition) is 8. The Morgan fingerprint density at radius 2 is 0.640 bits per heavy atom. The summed E-state index contributed by atoms with van der Waals surface area (Å²) in [5.74, 6) is 0. The van der Waals surface area contributed by atoms with Gasteiger partial charge in [-0.2, -0.15) is 35.1 Å². The van der Waals surface area contributed by atoms with E-state index in [-0.39, 0.29) is 0 Å². The third kappa shape index (κ3) is 4.66. The molecule has 0 aliphatic rings. The Bertz CT molecular complexity index is 860. The van der Waals surface area contributed by atoms with E-state index >= 15 is 0 Å². The molecular weight excluding hydrogens is 472 g/mol. The van der Waals surface area contributed by atoms with Crippen molar-refractivity contribution in [1.29, 1.82) is 0 Å². The first-order chi connectivity index (χ1) is 10.4. The molecule has 0 aliphatic heterocycles. The molecule has 0 spiro atoms. The van der Waals surface area contributed by atoms with Crippen LogP contribution in [0.15, 0.2) is 0 Å². The first-order valence-corrected chi connectivity index (χ1v) is 10.2. The van der Waals surface area contributed by atoms with Crippen LogP contribution in [0.4, 0.5) is 35.1 Å². The highest BCUT2D eigenvalue weighted by molar-refractivity contribution is 8.23. The maximum absolute atomic E-state index is 13.2. The molecule has 0 aromatic carbocycles. The van der Waals surface area contributed by atoms with Crippen molar-refractivity contribution in [2.45, 2.75) is 15.6 Å². The van der Waals surface area contributed by atoms with E-state index in [0.29, 0.717) is 8.25 Å². The molecule has 0 aromatic heterocycles. The molecule has 152 valence electrons. The molecule has 0 radical (unpaired) electrons. The summed E-state index contributed by atoms with van der Waals surface area (Å²) in [6.45, 7) is 0. The maximum Gasteiger partial charge on any atom is 0.480 e. The fourth-order valence-electron chi connectivity index (χ4n) is 0.563. The number of alkyl halides is 8. The second kappa shape index (κ2) is 6.11. The Kier molecular flexibility index (Phi) is 5.90. The molecule has 0 bridgehead atoms. The lowest BCUT2D eigenvalue weighted by Gasteiger charge is -2.32. The van der Waals surface area contributed by atoms with Gasteiger partial charge in [0, 0.05) is 0 Å². The second-order valence-corrected chi connectivity index (χ2v) is 10.6. The zero-order valence-electron chi connectivity index (χ0n) is 10.3. The Morgan fingerprint density at radius 1 is 0.440 bits per heavy atom. The smallest absolute Gasteiger partial charge is 0.422 e. The maximum atomic E-state index is 13.2. The largest absolute Gasteiger partial charge is 0.480 e. The fraction of sp³-hybridized carbons (Fsp3) is 1.00. The number of hydrogen-bond donors (Lipinski definition) is 0. The summed E-state index contributed by atoms with van der Waals surface area (Å²) in [7, 11) is -29.8. The average Bonchev–Trinajstić information content (AvgIpc) is 2.21. The van der Waals surface area contributed by atoms with E-state index in [1.165, 1.54) is 0 Å². The fourth-order valence-corrected chi connectivity index (χ4v) is 5.61. The molecule has 0 fully saturated rings. The molecule has 0 aromatic rings. The lowest BCUT2D eigenvalue weighted by molar-refractivity contribution is -0.0430. The van der Waals surface area contributed by atoms with Gasteiger partial charge in [0.1, 0.15) is 0 Å². The molecule has 10 nitrogen and oxygen atoms in total. The van der Waals surface area contributed by atoms with E-state index in [4.69, 9.17) is 0 Å². The quantitative estimate of drug-likeness (QED) is 0.508. The van der Waals surface area contributed by atoms with E-state index in [9.17, 15) is 68.8 Å². The predicted molar refractivity (Wildman–Crippen MR) is 59.5 cm³/mol. The first-order valence-electron chi connectivity index (χ1n) is 4.39. The Balaban J connectivity index is 6.16. The van der Waals surface area contributed by atoms with Crippen LogP contribution in [0.5, 0.6) is 0 Å². The van der Waals surface area contributed by atoms with Crippen LogP contribution in [-0.4, -0.2) is 49.3 Å². The summed E-state index contributed by atoms with van der Waals surface area (Å²) >= 11 is 0. The number of nitrogens with zero attached hydrogens (tertiary/aromatic N) is 2. The molecular formula is C3F8N2O8S4-2. The summed E-state index contributed by atoms with van der Waals surface area (Å²) in [4.78, 5) is 0. The Labute approximate surface area is 133 Å². The van der Waals surface area contributed by atoms with Crippen molar-refractivity contribution < 1.29 is 68.8 Å². The number of rotatable bonds is 6. The molecule has 25 heavy (non-hydrogen) atoms. The Morgan fingerprint density at radius 3 is 0.800 bits per heavy atom. The highest BCUT2D eigenvalue weighted by Gasteiger charge is 2.54. The van der Waals surface area contributed by atoms with Gasteiger partial charge < -0.3 is 8.25 Å². The molecule has 0 atom stereocenters. The highest BCUT2D eigenvalue weighted by Crippen LogP contribution is 2.42. The van der Waals surface area contributed by atoms with Gasteiger partial charge in [-0.3, -0.25) is 0 Å². The van der Waals surface area contributed by atoms with E-state index in [0.717, 1.165) is 0 Å². The van der Waals surface area contributed by atoms with Crippen molar-refractivity contribution in [1.82, 2.24) is 0 Å². The van der Waals surface area contributed by atoms with E-state index in [2.05, 4.69) is 0 Å². The van der Waals surface area contributed by atoms with Gasteiger partial charge in [-0.05, 0) is 0 Å². The van der Waals surface area contributed by atoms with Gasteiger partial charge in [-0.1, -0.05) is 0 Å². The van der Waals surface area contributed by atoms with E-state index in [1.54, 1.807) is 0 Å². The lowest BCUT2D eigenvalue weighted by Crippen LogP contribution is -2.40. The number of sulfonamides is 4. The van der Waals surface area contributed by atoms with Crippen LogP contribution in [-0.2, 0) is 40.1 Å². The normalized spacial score (nSPS) is 16.0. The van der Waals surface area contributed by atoms with E-state index < -0.39 is 55.7 Å². The van der Waals surface area contributed by atoms with Crippen LogP contribution in [0.3, 0.4) is 0 Å². The van der Waals surface area contributed by atoms with E-state index in [1.807, 2.05) is 0 Å². The van der Waals surface area contributed by atoms with Crippen molar-refractivity contribution in [3.05, 3.63) is 8.25 Å². The first kappa shape index (κ1) is 24.2. The molecule has 0 saturated heterocycles. The Hall–Kier alpha value is -0.840. The third-order valence-electron chi connectivity index (χ3n) is 1.58. The van der Waals surface area contributed by atoms with Crippen molar-refractivity contribution >= 4 is 40.1 Å². The topological polar surface area (TPSA) is 165 Å². The zero-order chi connectivity index (χ0) is 20.9. The van der Waals surface area contributed by atoms with Crippen LogP contribution in [0.25, 0.3) is 8.25 Å². The molecule has 0 saturated carbocycles. The van der Waals surface area contributed by atoms with Crippen LogP contribution in [0.1, 0.15) is 0 Å². The predicted octanol–water partition coefficient (Wildman–Crippen LogP) is 0.643. The minimum absolute atomic E-state index is 0.596. The van der Waals surface area contributed by atoms with Crippen molar-refractivity contribution in [2.75, 3.05) is 0 Å². The monoisotopic (exact) mass is 472 g/mol. The molecule has 0 aliphatic carbocycles. The summed E-state index contributed by atoms with van der Waals surface area (Å²) in [6, 6.07) is 0. The van der Waals surface area contributed by atoms with Crippen LogP contribution in [0, 0.1) is 0 Å². The van der Waals surface area contributed by atoms with Gasteiger partial charge in [0.25, 0.3) is 0 Å². The molecule has 0 N–H and O–H groups in total. The molecule has 0 rings (SSSR count). The molecule has 0 heterocycles. The second-order valence-electron chi connectivity index (χ2n) is 3.40. The van der Waals surface area contributed by atoms with Gasteiger partial charge in [-0.25, -0.2) is 33.7 Å². The third-order valence-corrected chi connectivity index (χ3v) is 8.35. The molecule has 22 heteroatoms. The van der Waals surface area contributed by atoms with Crippen LogP contribution < -0.4 is 0 Å². The van der Waals surface area contributed by atoms with Gasteiger partial charge in [0.05, 0.1) is 0 Å². The minimum Gasteiger partial charge on any atom is -0.422 e. The van der Waals surface area contributed by atoms with Gasteiger partial charge in [-0.15, -0.1) is 0 Å². The summed E-state index contributed by atoms with van der Waals surface area (Å²) in [5, 5.41) is 0. The lowest BCUT2D eigenvalue weighted by atomic mass is 11.6. The van der Waals surface area contributed by atoms with Crippen LogP contribution in [0.2, 0.25) is 0 Å². The summed E-state index contributed by atoms with van der Waals surface area (Å²) in [6.07, 6.45) is 0. The van der Waals surface area contributed by atoms with Gasteiger partial charge >= 0.3 is 15.6 Å². The summed E-state index contributed by atoms with van der Waals surface area (Å²) in [5.41, 5.74) is -13.2. The molecule has 0 amide bonds. The standard InChI is InChI=1S/C3F8N2O8S4/c4-1(5,6)22(14,15)12-24(18,19)3(10,11)25(20,21)13-23(16,17)2(7,8)9/q-2. The van der Waals surface area contributed by atoms with Gasteiger partial charge in [0.2, 0.25) is 0 Å². The molecule has 0 unspecified atom stereocenters. The average molecular weight is 472 g/mol. The highest BCUT2D eigenvalue weighted by atomic mass is 32.3. The zero-order valence-corrected chi connectivity index (χ0v) is 13.6. The summed E-state index contributed by atoms with van der Waals surface area (Å²) < 4.78 is 176.